The molecule has 0 spiro atoms. The van der Waals surface area contributed by atoms with E-state index in [1.165, 1.54) is 7.11 Å². The Labute approximate surface area is 159 Å². The normalized spacial score (nSPS) is 12.6. The lowest BCUT2D eigenvalue weighted by Crippen LogP contribution is -2.18. The first-order valence-corrected chi connectivity index (χ1v) is 8.97. The molecule has 0 saturated heterocycles. The van der Waals surface area contributed by atoms with Crippen LogP contribution in [0.1, 0.15) is 22.6 Å². The van der Waals surface area contributed by atoms with Gasteiger partial charge in [-0.25, -0.2) is 9.78 Å². The second-order valence-electron chi connectivity index (χ2n) is 6.44. The maximum absolute atomic E-state index is 12.1. The molecule has 1 N–H and O–H groups in total. The SMILES string of the molecule is COC(=O)c1nc2c(cc1OCCOc1cccc(N(C)C)c1)NCCC2. The van der Waals surface area contributed by atoms with E-state index in [1.807, 2.05) is 49.3 Å². The molecule has 0 unspecified atom stereocenters. The number of hydrogen-bond donors (Lipinski definition) is 1. The van der Waals surface area contributed by atoms with Crippen LogP contribution in [-0.4, -0.2) is 51.9 Å². The first-order chi connectivity index (χ1) is 13.1. The minimum Gasteiger partial charge on any atom is -0.490 e. The van der Waals surface area contributed by atoms with Gasteiger partial charge in [-0.15, -0.1) is 0 Å². The van der Waals surface area contributed by atoms with E-state index >= 15 is 0 Å². The van der Waals surface area contributed by atoms with E-state index in [1.54, 1.807) is 0 Å². The van der Waals surface area contributed by atoms with Crippen LogP contribution in [-0.2, 0) is 11.2 Å². The van der Waals surface area contributed by atoms with E-state index in [2.05, 4.69) is 10.3 Å². The summed E-state index contributed by atoms with van der Waals surface area (Å²) in [5, 5.41) is 3.29. The Kier molecular flexibility index (Phi) is 6.01. The number of carbonyl (C=O) groups excluding carboxylic acids is 1. The van der Waals surface area contributed by atoms with Gasteiger partial charge in [0.2, 0.25) is 0 Å². The van der Waals surface area contributed by atoms with Gasteiger partial charge in [0, 0.05) is 38.5 Å². The number of aromatic nitrogens is 1. The molecule has 7 heteroatoms. The molecule has 0 saturated carbocycles. The van der Waals surface area contributed by atoms with E-state index < -0.39 is 5.97 Å². The Hall–Kier alpha value is -2.96. The molecular weight excluding hydrogens is 346 g/mol. The van der Waals surface area contributed by atoms with Gasteiger partial charge in [-0.2, -0.15) is 0 Å². The maximum Gasteiger partial charge on any atom is 0.360 e. The molecule has 0 fully saturated rings. The standard InChI is InChI=1S/C20H25N3O4/c1-23(2)14-6-4-7-15(12-14)26-10-11-27-18-13-17-16(8-5-9-21-17)22-19(18)20(24)25-3/h4,6-7,12-13,21H,5,8-11H2,1-3H3. The van der Waals surface area contributed by atoms with Crippen LogP contribution in [0.15, 0.2) is 30.3 Å². The molecular formula is C20H25N3O4. The van der Waals surface area contributed by atoms with Crippen LogP contribution >= 0.6 is 0 Å². The van der Waals surface area contributed by atoms with E-state index in [0.717, 1.165) is 42.2 Å². The third kappa shape index (κ3) is 4.61. The van der Waals surface area contributed by atoms with Gasteiger partial charge >= 0.3 is 5.97 Å². The predicted molar refractivity (Wildman–Crippen MR) is 104 cm³/mol. The van der Waals surface area contributed by atoms with Crippen LogP contribution in [0.4, 0.5) is 11.4 Å². The van der Waals surface area contributed by atoms with E-state index in [0.29, 0.717) is 12.4 Å². The maximum atomic E-state index is 12.1. The highest BCUT2D eigenvalue weighted by Gasteiger charge is 2.21. The average molecular weight is 371 g/mol. The van der Waals surface area contributed by atoms with Crippen LogP contribution in [0.5, 0.6) is 11.5 Å². The highest BCUT2D eigenvalue weighted by atomic mass is 16.5. The highest BCUT2D eigenvalue weighted by molar-refractivity contribution is 5.91. The zero-order valence-electron chi connectivity index (χ0n) is 15.9. The number of rotatable bonds is 7. The molecule has 144 valence electrons. The predicted octanol–water partition coefficient (Wildman–Crippen LogP) is 2.75. The molecule has 1 aromatic carbocycles. The molecule has 3 rings (SSSR count). The van der Waals surface area contributed by atoms with Crippen LogP contribution in [0.2, 0.25) is 0 Å². The van der Waals surface area contributed by atoms with Crippen molar-refractivity contribution in [3.8, 4) is 11.5 Å². The molecule has 2 aromatic rings. The number of ether oxygens (including phenoxy) is 3. The van der Waals surface area contributed by atoms with Crippen molar-refractivity contribution in [3.05, 3.63) is 41.7 Å². The zero-order valence-corrected chi connectivity index (χ0v) is 15.9. The molecule has 1 aromatic heterocycles. The van der Waals surface area contributed by atoms with Gasteiger partial charge in [0.25, 0.3) is 0 Å². The van der Waals surface area contributed by atoms with Crippen molar-refractivity contribution in [1.82, 2.24) is 4.98 Å². The summed E-state index contributed by atoms with van der Waals surface area (Å²) in [6, 6.07) is 9.64. The van der Waals surface area contributed by atoms with Gasteiger partial charge in [-0.05, 0) is 25.0 Å². The van der Waals surface area contributed by atoms with Gasteiger partial charge in [0.15, 0.2) is 11.4 Å². The number of esters is 1. The number of pyridine rings is 1. The van der Waals surface area contributed by atoms with Crippen LogP contribution in [0, 0.1) is 0 Å². The summed E-state index contributed by atoms with van der Waals surface area (Å²) < 4.78 is 16.4. The summed E-state index contributed by atoms with van der Waals surface area (Å²) in [6.07, 6.45) is 1.82. The topological polar surface area (TPSA) is 72.9 Å². The summed E-state index contributed by atoms with van der Waals surface area (Å²) in [6.45, 7) is 1.52. The fourth-order valence-electron chi connectivity index (χ4n) is 2.87. The molecule has 1 aliphatic heterocycles. The molecule has 0 aliphatic carbocycles. The Bertz CT molecular complexity index is 808. The Morgan fingerprint density at radius 1 is 1.22 bits per heavy atom. The summed E-state index contributed by atoms with van der Waals surface area (Å²) in [7, 11) is 5.30. The monoisotopic (exact) mass is 371 g/mol. The van der Waals surface area contributed by atoms with E-state index in [9.17, 15) is 4.79 Å². The lowest BCUT2D eigenvalue weighted by atomic mass is 10.1. The Morgan fingerprint density at radius 2 is 2.04 bits per heavy atom. The number of nitrogens with one attached hydrogen (secondary N) is 1. The third-order valence-corrected chi connectivity index (χ3v) is 4.29. The summed E-state index contributed by atoms with van der Waals surface area (Å²) >= 11 is 0. The van der Waals surface area contributed by atoms with Crippen molar-refractivity contribution in [2.75, 3.05) is 51.2 Å². The highest BCUT2D eigenvalue weighted by Crippen LogP contribution is 2.28. The number of hydrogen-bond acceptors (Lipinski definition) is 7. The number of anilines is 2. The molecule has 0 atom stereocenters. The van der Waals surface area contributed by atoms with E-state index in [4.69, 9.17) is 14.2 Å². The first-order valence-electron chi connectivity index (χ1n) is 8.97. The molecule has 2 heterocycles. The van der Waals surface area contributed by atoms with Crippen molar-refractivity contribution in [2.45, 2.75) is 12.8 Å². The van der Waals surface area contributed by atoms with Gasteiger partial charge in [0.1, 0.15) is 19.0 Å². The molecule has 7 nitrogen and oxygen atoms in total. The van der Waals surface area contributed by atoms with Crippen LogP contribution in [0.3, 0.4) is 0 Å². The fraction of sp³-hybridized carbons (Fsp3) is 0.400. The lowest BCUT2D eigenvalue weighted by Gasteiger charge is -2.20. The smallest absolute Gasteiger partial charge is 0.360 e. The summed E-state index contributed by atoms with van der Waals surface area (Å²) in [5.74, 6) is 0.668. The largest absolute Gasteiger partial charge is 0.490 e. The number of methoxy groups -OCH3 is 1. The minimum absolute atomic E-state index is 0.203. The van der Waals surface area contributed by atoms with Crippen LogP contribution < -0.4 is 19.7 Å². The lowest BCUT2D eigenvalue weighted by molar-refractivity contribution is 0.0587. The minimum atomic E-state index is -0.502. The van der Waals surface area contributed by atoms with Crippen molar-refractivity contribution < 1.29 is 19.0 Å². The third-order valence-electron chi connectivity index (χ3n) is 4.29. The Balaban J connectivity index is 1.65. The fourth-order valence-corrected chi connectivity index (χ4v) is 2.87. The van der Waals surface area contributed by atoms with Crippen molar-refractivity contribution >= 4 is 17.3 Å². The second-order valence-corrected chi connectivity index (χ2v) is 6.44. The number of nitrogens with zero attached hydrogens (tertiary/aromatic N) is 2. The van der Waals surface area contributed by atoms with Crippen molar-refractivity contribution in [2.24, 2.45) is 0 Å². The number of aryl methyl sites for hydroxylation is 1. The van der Waals surface area contributed by atoms with Crippen molar-refractivity contribution in [1.29, 1.82) is 0 Å². The number of benzene rings is 1. The van der Waals surface area contributed by atoms with Gasteiger partial charge in [0.05, 0.1) is 18.5 Å². The molecule has 0 amide bonds. The van der Waals surface area contributed by atoms with Crippen molar-refractivity contribution in [3.63, 3.8) is 0 Å². The Morgan fingerprint density at radius 3 is 2.81 bits per heavy atom. The van der Waals surface area contributed by atoms with Gasteiger partial charge < -0.3 is 24.4 Å². The number of fused-ring (bicyclic) bond motifs is 1. The number of carbonyl (C=O) groups is 1. The summed E-state index contributed by atoms with van der Waals surface area (Å²) in [5.41, 5.74) is 3.04. The first kappa shape index (κ1) is 18.8. The molecule has 0 bridgehead atoms. The quantitative estimate of drug-likeness (QED) is 0.593. The molecule has 1 aliphatic rings. The van der Waals surface area contributed by atoms with Gasteiger partial charge in [-0.3, -0.25) is 0 Å². The van der Waals surface area contributed by atoms with Gasteiger partial charge in [-0.1, -0.05) is 6.07 Å². The zero-order chi connectivity index (χ0) is 19.2. The van der Waals surface area contributed by atoms with Crippen LogP contribution in [0.25, 0.3) is 0 Å². The molecule has 27 heavy (non-hydrogen) atoms. The van der Waals surface area contributed by atoms with E-state index in [-0.39, 0.29) is 12.3 Å². The second kappa shape index (κ2) is 8.62. The summed E-state index contributed by atoms with van der Waals surface area (Å²) in [4.78, 5) is 18.5. The molecule has 0 radical (unpaired) electrons. The average Bonchev–Trinajstić information content (AvgIpc) is 2.70.